The third-order valence-corrected chi connectivity index (χ3v) is 3.37. The molecule has 2 N–H and O–H groups in total. The van der Waals surface area contributed by atoms with Gasteiger partial charge in [0.2, 0.25) is 0 Å². The van der Waals surface area contributed by atoms with E-state index < -0.39 is 0 Å². The highest BCUT2D eigenvalue weighted by Crippen LogP contribution is 2.22. The highest BCUT2D eigenvalue weighted by Gasteiger charge is 2.20. The lowest BCUT2D eigenvalue weighted by Gasteiger charge is -2.26. The first kappa shape index (κ1) is 20.1. The van der Waals surface area contributed by atoms with Crippen molar-refractivity contribution in [3.05, 3.63) is 35.6 Å². The quantitative estimate of drug-likeness (QED) is 0.327. The Hall–Kier alpha value is -0.850. The molecule has 0 spiro atoms. The predicted molar refractivity (Wildman–Crippen MR) is 99.1 cm³/mol. The van der Waals surface area contributed by atoms with Crippen molar-refractivity contribution in [1.82, 2.24) is 10.6 Å². The van der Waals surface area contributed by atoms with Gasteiger partial charge in [0.15, 0.2) is 5.96 Å². The zero-order valence-corrected chi connectivity index (χ0v) is 15.7. The van der Waals surface area contributed by atoms with Crippen LogP contribution < -0.4 is 10.6 Å². The first-order valence-electron chi connectivity index (χ1n) is 7.20. The third-order valence-electron chi connectivity index (χ3n) is 3.37. The van der Waals surface area contributed by atoms with Crippen molar-refractivity contribution in [2.45, 2.75) is 39.0 Å². The van der Waals surface area contributed by atoms with E-state index in [1.807, 2.05) is 12.1 Å². The fraction of sp³-hybridized carbons (Fsp3) is 0.562. The summed E-state index contributed by atoms with van der Waals surface area (Å²) in [7, 11) is 1.77. The summed E-state index contributed by atoms with van der Waals surface area (Å²) in [5, 5.41) is 6.61. The van der Waals surface area contributed by atoms with Gasteiger partial charge >= 0.3 is 0 Å². The fourth-order valence-electron chi connectivity index (χ4n) is 1.91. The lowest BCUT2D eigenvalue weighted by molar-refractivity contribution is 0.506. The van der Waals surface area contributed by atoms with Crippen molar-refractivity contribution in [1.29, 1.82) is 0 Å². The number of nitrogens with zero attached hydrogens (tertiary/aromatic N) is 1. The normalized spacial score (nSPS) is 11.8. The summed E-state index contributed by atoms with van der Waals surface area (Å²) < 4.78 is 13.0. The Kier molecular flexibility index (Phi) is 9.57. The van der Waals surface area contributed by atoms with E-state index in [0.717, 1.165) is 37.5 Å². The monoisotopic (exact) mass is 407 g/mol. The summed E-state index contributed by atoms with van der Waals surface area (Å²) in [5.41, 5.74) is 1.02. The molecule has 0 aliphatic carbocycles. The van der Waals surface area contributed by atoms with Crippen molar-refractivity contribution in [2.75, 3.05) is 20.1 Å². The van der Waals surface area contributed by atoms with Crippen LogP contribution in [0.25, 0.3) is 0 Å². The topological polar surface area (TPSA) is 36.4 Å². The molecule has 1 aromatic carbocycles. The molecule has 0 unspecified atom stereocenters. The van der Waals surface area contributed by atoms with Crippen molar-refractivity contribution in [3.63, 3.8) is 0 Å². The van der Waals surface area contributed by atoms with E-state index in [9.17, 15) is 4.39 Å². The van der Waals surface area contributed by atoms with E-state index in [-0.39, 0.29) is 35.2 Å². The van der Waals surface area contributed by atoms with Crippen LogP contribution in [0.5, 0.6) is 0 Å². The van der Waals surface area contributed by atoms with E-state index in [1.54, 1.807) is 7.05 Å². The standard InChI is InChI=1S/C16H26FN3.HI/c1-5-6-11-19-15(18-4)20-12-16(2,3)13-7-9-14(17)10-8-13;/h7-10H,5-6,11-12H2,1-4H3,(H2,18,19,20);1H. The van der Waals surface area contributed by atoms with Crippen molar-refractivity contribution in [3.8, 4) is 0 Å². The number of halogens is 2. The average Bonchev–Trinajstić information content (AvgIpc) is 2.43. The van der Waals surface area contributed by atoms with Gasteiger partial charge in [0.1, 0.15) is 5.82 Å². The van der Waals surface area contributed by atoms with E-state index in [1.165, 1.54) is 12.1 Å². The maximum atomic E-state index is 13.0. The molecule has 21 heavy (non-hydrogen) atoms. The highest BCUT2D eigenvalue weighted by atomic mass is 127. The smallest absolute Gasteiger partial charge is 0.191 e. The third kappa shape index (κ3) is 7.11. The molecule has 0 heterocycles. The summed E-state index contributed by atoms with van der Waals surface area (Å²) in [6.07, 6.45) is 2.28. The number of rotatable bonds is 6. The molecule has 5 heteroatoms. The van der Waals surface area contributed by atoms with Gasteiger partial charge in [0.05, 0.1) is 0 Å². The molecule has 0 aliphatic rings. The zero-order valence-electron chi connectivity index (χ0n) is 13.4. The van der Waals surface area contributed by atoms with Gasteiger partial charge in [0.25, 0.3) is 0 Å². The van der Waals surface area contributed by atoms with Gasteiger partial charge in [0, 0.05) is 25.6 Å². The molecule has 0 amide bonds. The molecule has 0 atom stereocenters. The molecule has 0 saturated heterocycles. The fourth-order valence-corrected chi connectivity index (χ4v) is 1.91. The molecular weight excluding hydrogens is 380 g/mol. The van der Waals surface area contributed by atoms with Crippen LogP contribution in [0.15, 0.2) is 29.3 Å². The van der Waals surface area contributed by atoms with Gasteiger partial charge in [-0.25, -0.2) is 4.39 Å². The lowest BCUT2D eigenvalue weighted by atomic mass is 9.84. The van der Waals surface area contributed by atoms with Crippen LogP contribution in [0.3, 0.4) is 0 Å². The van der Waals surface area contributed by atoms with Crippen LogP contribution in [-0.2, 0) is 5.41 Å². The van der Waals surface area contributed by atoms with Crippen LogP contribution in [0.4, 0.5) is 4.39 Å². The van der Waals surface area contributed by atoms with E-state index in [2.05, 4.69) is 36.4 Å². The van der Waals surface area contributed by atoms with Crippen molar-refractivity contribution < 1.29 is 4.39 Å². The molecule has 1 rings (SSSR count). The van der Waals surface area contributed by atoms with Gasteiger partial charge in [-0.1, -0.05) is 39.3 Å². The maximum Gasteiger partial charge on any atom is 0.191 e. The molecule has 0 saturated carbocycles. The molecule has 0 aliphatic heterocycles. The Labute approximate surface area is 144 Å². The Balaban J connectivity index is 0.00000400. The van der Waals surface area contributed by atoms with Gasteiger partial charge in [-0.05, 0) is 24.1 Å². The first-order valence-corrected chi connectivity index (χ1v) is 7.20. The summed E-state index contributed by atoms with van der Waals surface area (Å²) in [6, 6.07) is 6.69. The lowest BCUT2D eigenvalue weighted by Crippen LogP contribution is -2.43. The molecule has 0 aromatic heterocycles. The van der Waals surface area contributed by atoms with Crippen LogP contribution >= 0.6 is 24.0 Å². The minimum absolute atomic E-state index is 0. The van der Waals surface area contributed by atoms with E-state index in [4.69, 9.17) is 0 Å². The number of unbranched alkanes of at least 4 members (excludes halogenated alkanes) is 1. The van der Waals surface area contributed by atoms with E-state index in [0.29, 0.717) is 0 Å². The number of aliphatic imine (C=N–C) groups is 1. The largest absolute Gasteiger partial charge is 0.356 e. The molecular formula is C16H27FIN3. The predicted octanol–water partition coefficient (Wildman–Crippen LogP) is 3.69. The Morgan fingerprint density at radius 1 is 1.19 bits per heavy atom. The molecule has 0 fully saturated rings. The second-order valence-corrected chi connectivity index (χ2v) is 5.60. The second-order valence-electron chi connectivity index (χ2n) is 5.60. The van der Waals surface area contributed by atoms with Crippen LogP contribution in [0.1, 0.15) is 39.2 Å². The van der Waals surface area contributed by atoms with Crippen molar-refractivity contribution >= 4 is 29.9 Å². The molecule has 120 valence electrons. The molecule has 0 radical (unpaired) electrons. The number of hydrogen-bond donors (Lipinski definition) is 2. The highest BCUT2D eigenvalue weighted by molar-refractivity contribution is 14.0. The number of benzene rings is 1. The Bertz CT molecular complexity index is 430. The van der Waals surface area contributed by atoms with Crippen LogP contribution in [0, 0.1) is 5.82 Å². The number of nitrogens with one attached hydrogen (secondary N) is 2. The van der Waals surface area contributed by atoms with E-state index >= 15 is 0 Å². The molecule has 0 bridgehead atoms. The second kappa shape index (κ2) is 9.97. The van der Waals surface area contributed by atoms with Gasteiger partial charge in [-0.2, -0.15) is 0 Å². The Morgan fingerprint density at radius 3 is 2.33 bits per heavy atom. The molecule has 1 aromatic rings. The number of guanidine groups is 1. The minimum Gasteiger partial charge on any atom is -0.356 e. The summed E-state index contributed by atoms with van der Waals surface area (Å²) in [6.45, 7) is 8.09. The summed E-state index contributed by atoms with van der Waals surface area (Å²) in [4.78, 5) is 4.21. The van der Waals surface area contributed by atoms with Crippen LogP contribution in [-0.4, -0.2) is 26.1 Å². The minimum atomic E-state index is -0.199. The van der Waals surface area contributed by atoms with Gasteiger partial charge < -0.3 is 10.6 Å². The molecule has 3 nitrogen and oxygen atoms in total. The zero-order chi connectivity index (χ0) is 15.0. The Morgan fingerprint density at radius 2 is 1.81 bits per heavy atom. The maximum absolute atomic E-state index is 13.0. The average molecular weight is 407 g/mol. The summed E-state index contributed by atoms with van der Waals surface area (Å²) >= 11 is 0. The van der Waals surface area contributed by atoms with Crippen LogP contribution in [0.2, 0.25) is 0 Å². The number of hydrogen-bond acceptors (Lipinski definition) is 1. The SMILES string of the molecule is CCCCNC(=NC)NCC(C)(C)c1ccc(F)cc1.I. The van der Waals surface area contributed by atoms with Crippen molar-refractivity contribution in [2.24, 2.45) is 4.99 Å². The van der Waals surface area contributed by atoms with Gasteiger partial charge in [-0.15, -0.1) is 24.0 Å². The first-order chi connectivity index (χ1) is 9.49. The van der Waals surface area contributed by atoms with Gasteiger partial charge in [-0.3, -0.25) is 4.99 Å². The summed E-state index contributed by atoms with van der Waals surface area (Å²) in [5.74, 6) is 0.614.